The molecule has 4 rings (SSSR count). The van der Waals surface area contributed by atoms with Gasteiger partial charge in [0.15, 0.2) is 11.6 Å². The first-order valence-electron chi connectivity index (χ1n) is 8.69. The van der Waals surface area contributed by atoms with Gasteiger partial charge in [-0.3, -0.25) is 4.79 Å². The van der Waals surface area contributed by atoms with Crippen molar-refractivity contribution >= 4 is 45.8 Å². The van der Waals surface area contributed by atoms with Gasteiger partial charge < -0.3 is 15.4 Å². The zero-order valence-electron chi connectivity index (χ0n) is 15.7. The van der Waals surface area contributed by atoms with Gasteiger partial charge >= 0.3 is 5.97 Å². The fourth-order valence-electron chi connectivity index (χ4n) is 3.06. The minimum absolute atomic E-state index is 0.00786. The standard InChI is InChI=1S/C20H15F2N3O3S2/c1-9-3-5-11(17(22)16(9)21)12-8-29-19(15(12)20(27)28)23-18(26)10-4-6-14-13(7-10)25(2)24-30-14/h3-8,24H,1-2H3,(H,23,26)(H,27,28). The van der Waals surface area contributed by atoms with Crippen LogP contribution in [0.4, 0.5) is 19.5 Å². The van der Waals surface area contributed by atoms with Gasteiger partial charge in [0.05, 0.1) is 5.69 Å². The van der Waals surface area contributed by atoms with Crippen LogP contribution in [0.1, 0.15) is 26.3 Å². The number of rotatable bonds is 4. The molecule has 0 fully saturated rings. The van der Waals surface area contributed by atoms with Crippen molar-refractivity contribution in [1.29, 1.82) is 0 Å². The van der Waals surface area contributed by atoms with Crippen molar-refractivity contribution < 1.29 is 23.5 Å². The highest BCUT2D eigenvalue weighted by Gasteiger charge is 2.25. The monoisotopic (exact) mass is 447 g/mol. The van der Waals surface area contributed by atoms with Crippen LogP contribution in [0.25, 0.3) is 11.1 Å². The summed E-state index contributed by atoms with van der Waals surface area (Å²) in [6.07, 6.45) is 0. The number of amides is 1. The van der Waals surface area contributed by atoms with E-state index < -0.39 is 23.5 Å². The zero-order valence-corrected chi connectivity index (χ0v) is 17.4. The maximum Gasteiger partial charge on any atom is 0.339 e. The van der Waals surface area contributed by atoms with Gasteiger partial charge in [0.25, 0.3) is 5.91 Å². The summed E-state index contributed by atoms with van der Waals surface area (Å²) in [5.74, 6) is -4.01. The summed E-state index contributed by atoms with van der Waals surface area (Å²) in [5, 5.41) is 15.5. The molecular formula is C20H15F2N3O3S2. The summed E-state index contributed by atoms with van der Waals surface area (Å²) in [7, 11) is 1.81. The summed E-state index contributed by atoms with van der Waals surface area (Å²) in [4.78, 5) is 28.6. The molecular weight excluding hydrogens is 432 g/mol. The molecule has 2 aromatic carbocycles. The fraction of sp³-hybridized carbons (Fsp3) is 0.100. The zero-order chi connectivity index (χ0) is 21.6. The van der Waals surface area contributed by atoms with E-state index in [1.165, 1.54) is 36.4 Å². The molecule has 154 valence electrons. The minimum Gasteiger partial charge on any atom is -0.478 e. The van der Waals surface area contributed by atoms with Crippen LogP contribution in [0, 0.1) is 18.6 Å². The molecule has 0 radical (unpaired) electrons. The van der Waals surface area contributed by atoms with Crippen LogP contribution in [0.2, 0.25) is 0 Å². The first-order valence-corrected chi connectivity index (χ1v) is 10.4. The Bertz CT molecular complexity index is 1200. The topological polar surface area (TPSA) is 81.7 Å². The molecule has 0 atom stereocenters. The van der Waals surface area contributed by atoms with Crippen molar-refractivity contribution in [3.05, 3.63) is 64.0 Å². The number of hydrogen-bond donors (Lipinski definition) is 3. The summed E-state index contributed by atoms with van der Waals surface area (Å²) in [6.45, 7) is 1.42. The van der Waals surface area contributed by atoms with Crippen LogP contribution in [0.5, 0.6) is 0 Å². The fourth-order valence-corrected chi connectivity index (χ4v) is 4.78. The van der Waals surface area contributed by atoms with E-state index in [4.69, 9.17) is 0 Å². The molecule has 30 heavy (non-hydrogen) atoms. The third kappa shape index (κ3) is 3.42. The number of carboxylic acid groups (broad SMARTS) is 1. The number of nitrogens with one attached hydrogen (secondary N) is 2. The van der Waals surface area contributed by atoms with Crippen LogP contribution in [-0.4, -0.2) is 24.0 Å². The first-order chi connectivity index (χ1) is 14.3. The number of carboxylic acids is 1. The number of nitrogens with zero attached hydrogens (tertiary/aromatic N) is 1. The quantitative estimate of drug-likeness (QED) is 0.493. The van der Waals surface area contributed by atoms with E-state index in [2.05, 4.69) is 10.1 Å². The Kier molecular flexibility index (Phi) is 5.22. The molecule has 3 aromatic rings. The number of fused-ring (bicyclic) bond motifs is 1. The summed E-state index contributed by atoms with van der Waals surface area (Å²) >= 11 is 2.35. The second-order valence-electron chi connectivity index (χ2n) is 6.61. The van der Waals surface area contributed by atoms with Gasteiger partial charge in [-0.15, -0.1) is 11.3 Å². The number of benzene rings is 2. The van der Waals surface area contributed by atoms with Gasteiger partial charge in [-0.25, -0.2) is 13.6 Å². The van der Waals surface area contributed by atoms with Crippen molar-refractivity contribution in [2.24, 2.45) is 0 Å². The van der Waals surface area contributed by atoms with Crippen molar-refractivity contribution in [2.45, 2.75) is 11.8 Å². The molecule has 1 amide bonds. The molecule has 0 aliphatic carbocycles. The van der Waals surface area contributed by atoms with Crippen LogP contribution < -0.4 is 15.2 Å². The number of aryl methyl sites for hydroxylation is 1. The maximum atomic E-state index is 14.4. The van der Waals surface area contributed by atoms with Gasteiger partial charge in [-0.05, 0) is 42.6 Å². The number of halogens is 2. The largest absolute Gasteiger partial charge is 0.478 e. The molecule has 0 saturated heterocycles. The van der Waals surface area contributed by atoms with Crippen molar-refractivity contribution in [3.8, 4) is 11.1 Å². The van der Waals surface area contributed by atoms with E-state index in [1.54, 1.807) is 23.2 Å². The molecule has 3 N–H and O–H groups in total. The van der Waals surface area contributed by atoms with E-state index in [1.807, 2.05) is 7.05 Å². The molecule has 2 heterocycles. The maximum absolute atomic E-state index is 14.4. The molecule has 1 aromatic heterocycles. The Hall–Kier alpha value is -2.95. The first kappa shape index (κ1) is 20.3. The third-order valence-electron chi connectivity index (χ3n) is 4.67. The number of hydrazine groups is 1. The van der Waals surface area contributed by atoms with Crippen molar-refractivity contribution in [2.75, 3.05) is 17.4 Å². The second-order valence-corrected chi connectivity index (χ2v) is 8.31. The number of hydrogen-bond acceptors (Lipinski definition) is 6. The lowest BCUT2D eigenvalue weighted by Gasteiger charge is -2.12. The Morgan fingerprint density at radius 2 is 1.90 bits per heavy atom. The van der Waals surface area contributed by atoms with E-state index in [9.17, 15) is 23.5 Å². The summed E-state index contributed by atoms with van der Waals surface area (Å²) in [6, 6.07) is 7.80. The highest BCUT2D eigenvalue weighted by atomic mass is 32.2. The lowest BCUT2D eigenvalue weighted by molar-refractivity contribution is 0.0699. The lowest BCUT2D eigenvalue weighted by atomic mass is 10.0. The van der Waals surface area contributed by atoms with Crippen LogP contribution in [0.3, 0.4) is 0 Å². The average molecular weight is 447 g/mol. The molecule has 1 aliphatic heterocycles. The van der Waals surface area contributed by atoms with Gasteiger partial charge in [0.1, 0.15) is 10.6 Å². The summed E-state index contributed by atoms with van der Waals surface area (Å²) in [5.41, 5.74) is 0.819. The number of anilines is 2. The van der Waals surface area contributed by atoms with E-state index in [0.717, 1.165) is 21.9 Å². The molecule has 1 aliphatic rings. The van der Waals surface area contributed by atoms with Gasteiger partial charge in [0, 0.05) is 34.0 Å². The highest BCUT2D eigenvalue weighted by molar-refractivity contribution is 7.98. The van der Waals surface area contributed by atoms with Crippen LogP contribution >= 0.6 is 23.3 Å². The molecule has 0 unspecified atom stereocenters. The number of aromatic carboxylic acids is 1. The van der Waals surface area contributed by atoms with Crippen molar-refractivity contribution in [3.63, 3.8) is 0 Å². The average Bonchev–Trinajstić information content (AvgIpc) is 3.30. The minimum atomic E-state index is -1.35. The van der Waals surface area contributed by atoms with E-state index >= 15 is 0 Å². The van der Waals surface area contributed by atoms with E-state index in [0.29, 0.717) is 5.56 Å². The van der Waals surface area contributed by atoms with Gasteiger partial charge in [0.2, 0.25) is 0 Å². The molecule has 6 nitrogen and oxygen atoms in total. The Balaban J connectivity index is 1.70. The van der Waals surface area contributed by atoms with Crippen LogP contribution in [0.15, 0.2) is 40.6 Å². The third-order valence-corrected chi connectivity index (χ3v) is 6.50. The number of carbonyl (C=O) groups is 2. The van der Waals surface area contributed by atoms with Gasteiger partial charge in [-0.1, -0.05) is 12.1 Å². The molecule has 10 heteroatoms. The SMILES string of the molecule is Cc1ccc(-c2csc(NC(=O)c3ccc4c(c3)N(C)NS4)c2C(=O)O)c(F)c1F. The van der Waals surface area contributed by atoms with Gasteiger partial charge in [-0.2, -0.15) is 4.83 Å². The number of thiophene rings is 1. The van der Waals surface area contributed by atoms with E-state index in [-0.39, 0.29) is 27.3 Å². The highest BCUT2D eigenvalue weighted by Crippen LogP contribution is 2.39. The van der Waals surface area contributed by atoms with Crippen molar-refractivity contribution in [1.82, 2.24) is 4.83 Å². The van der Waals surface area contributed by atoms with Crippen LogP contribution in [-0.2, 0) is 0 Å². The lowest BCUT2D eigenvalue weighted by Crippen LogP contribution is -2.23. The predicted octanol–water partition coefficient (Wildman–Crippen LogP) is 4.91. The normalized spacial score (nSPS) is 12.7. The predicted molar refractivity (Wildman–Crippen MR) is 113 cm³/mol. The molecule has 0 spiro atoms. The number of carbonyl (C=O) groups excluding carboxylic acids is 1. The smallest absolute Gasteiger partial charge is 0.339 e. The Labute approximate surface area is 178 Å². The second kappa shape index (κ2) is 7.71. The molecule has 0 bridgehead atoms. The molecule has 0 saturated carbocycles. The Morgan fingerprint density at radius 1 is 1.13 bits per heavy atom. The Morgan fingerprint density at radius 3 is 2.63 bits per heavy atom. The summed E-state index contributed by atoms with van der Waals surface area (Å²) < 4.78 is 28.4.